The number of carbonyl (C=O) groups is 2. The molecule has 0 aromatic heterocycles. The van der Waals surface area contributed by atoms with E-state index in [0.29, 0.717) is 25.3 Å². The summed E-state index contributed by atoms with van der Waals surface area (Å²) in [4.78, 5) is 28.9. The quantitative estimate of drug-likeness (QED) is 0.803. The van der Waals surface area contributed by atoms with E-state index < -0.39 is 0 Å². The van der Waals surface area contributed by atoms with Crippen molar-refractivity contribution in [3.05, 3.63) is 23.8 Å². The highest BCUT2D eigenvalue weighted by Gasteiger charge is 2.37. The summed E-state index contributed by atoms with van der Waals surface area (Å²) in [5.74, 6) is 0.0161. The molecule has 3 rings (SSSR count). The van der Waals surface area contributed by atoms with Crippen molar-refractivity contribution in [1.29, 1.82) is 0 Å². The molecule has 136 valence electrons. The maximum absolute atomic E-state index is 12.6. The summed E-state index contributed by atoms with van der Waals surface area (Å²) < 4.78 is 5.27. The van der Waals surface area contributed by atoms with Gasteiger partial charge in [-0.25, -0.2) is 0 Å². The van der Waals surface area contributed by atoms with E-state index in [2.05, 4.69) is 10.2 Å². The number of likely N-dealkylation sites (N-methyl/N-ethyl adjacent to an activating group) is 1. The maximum atomic E-state index is 12.6. The van der Waals surface area contributed by atoms with Crippen LogP contribution in [0.3, 0.4) is 0 Å². The van der Waals surface area contributed by atoms with Crippen LogP contribution in [0.4, 0.5) is 11.4 Å². The Bertz CT molecular complexity index is 647. The standard InChI is InChI=1S/C19H27N3O3/c1-3-25-12-6-10-20-18(23)14-8-9-15-17(13-14)21(2)19(24)16-7-4-5-11-22(15)16/h8-9,13,16H,3-7,10-12H2,1-2H3,(H,20,23). The number of carbonyl (C=O) groups excluding carboxylic acids is 2. The van der Waals surface area contributed by atoms with Gasteiger partial charge in [0.25, 0.3) is 5.91 Å². The molecule has 0 spiro atoms. The molecule has 2 aliphatic rings. The zero-order valence-electron chi connectivity index (χ0n) is 15.1. The molecule has 0 bridgehead atoms. The predicted octanol–water partition coefficient (Wildman–Crippen LogP) is 2.18. The van der Waals surface area contributed by atoms with Gasteiger partial charge in [-0.15, -0.1) is 0 Å². The zero-order chi connectivity index (χ0) is 17.8. The Labute approximate surface area is 149 Å². The Kier molecular flexibility index (Phi) is 5.58. The second-order valence-corrected chi connectivity index (χ2v) is 6.61. The summed E-state index contributed by atoms with van der Waals surface area (Å²) >= 11 is 0. The van der Waals surface area contributed by atoms with Gasteiger partial charge in [-0.1, -0.05) is 0 Å². The van der Waals surface area contributed by atoms with Gasteiger partial charge < -0.3 is 19.9 Å². The Morgan fingerprint density at radius 2 is 2.16 bits per heavy atom. The minimum Gasteiger partial charge on any atom is -0.382 e. The number of piperidine rings is 1. The van der Waals surface area contributed by atoms with Gasteiger partial charge in [0.15, 0.2) is 0 Å². The van der Waals surface area contributed by atoms with Gasteiger partial charge in [0.1, 0.15) is 6.04 Å². The second-order valence-electron chi connectivity index (χ2n) is 6.61. The third-order valence-electron chi connectivity index (χ3n) is 4.98. The first-order chi connectivity index (χ1) is 12.1. The maximum Gasteiger partial charge on any atom is 0.251 e. The van der Waals surface area contributed by atoms with Gasteiger partial charge in [-0.2, -0.15) is 0 Å². The molecule has 0 radical (unpaired) electrons. The minimum absolute atomic E-state index is 0.0514. The SMILES string of the molecule is CCOCCCNC(=O)c1ccc2c(c1)N(C)C(=O)C1CCCCN21. The van der Waals surface area contributed by atoms with Gasteiger partial charge >= 0.3 is 0 Å². The first-order valence-electron chi connectivity index (χ1n) is 9.17. The fourth-order valence-electron chi connectivity index (χ4n) is 3.62. The molecule has 6 heteroatoms. The summed E-state index contributed by atoms with van der Waals surface area (Å²) in [5.41, 5.74) is 2.47. The smallest absolute Gasteiger partial charge is 0.251 e. The number of nitrogens with one attached hydrogen (secondary N) is 1. The molecule has 1 atom stereocenters. The van der Waals surface area contributed by atoms with Crippen LogP contribution >= 0.6 is 0 Å². The number of hydrogen-bond donors (Lipinski definition) is 1. The van der Waals surface area contributed by atoms with Crippen LogP contribution in [0.5, 0.6) is 0 Å². The molecular formula is C19H27N3O3. The summed E-state index contributed by atoms with van der Waals surface area (Å²) in [5, 5.41) is 2.91. The lowest BCUT2D eigenvalue weighted by molar-refractivity contribution is -0.120. The van der Waals surface area contributed by atoms with E-state index in [9.17, 15) is 9.59 Å². The Morgan fingerprint density at radius 3 is 2.96 bits per heavy atom. The van der Waals surface area contributed by atoms with E-state index in [1.165, 1.54) is 0 Å². The van der Waals surface area contributed by atoms with Crippen LogP contribution < -0.4 is 15.1 Å². The summed E-state index contributed by atoms with van der Waals surface area (Å²) in [7, 11) is 1.80. The Morgan fingerprint density at radius 1 is 1.32 bits per heavy atom. The predicted molar refractivity (Wildman–Crippen MR) is 98.3 cm³/mol. The van der Waals surface area contributed by atoms with E-state index in [1.807, 2.05) is 25.1 Å². The van der Waals surface area contributed by atoms with Crippen LogP contribution in [0.15, 0.2) is 18.2 Å². The normalized spacial score (nSPS) is 19.4. The van der Waals surface area contributed by atoms with Gasteiger partial charge in [0.2, 0.25) is 5.91 Å². The van der Waals surface area contributed by atoms with Gasteiger partial charge in [-0.3, -0.25) is 9.59 Å². The molecule has 6 nitrogen and oxygen atoms in total. The van der Waals surface area contributed by atoms with Crippen molar-refractivity contribution >= 4 is 23.2 Å². The highest BCUT2D eigenvalue weighted by Crippen LogP contribution is 2.39. The lowest BCUT2D eigenvalue weighted by atomic mass is 9.96. The number of amides is 2. The highest BCUT2D eigenvalue weighted by molar-refractivity contribution is 6.07. The molecule has 2 amide bonds. The highest BCUT2D eigenvalue weighted by atomic mass is 16.5. The van der Waals surface area contributed by atoms with Gasteiger partial charge in [0, 0.05) is 38.9 Å². The number of hydrogen-bond acceptors (Lipinski definition) is 4. The lowest BCUT2D eigenvalue weighted by Gasteiger charge is -2.44. The van der Waals surface area contributed by atoms with Crippen molar-refractivity contribution in [2.24, 2.45) is 0 Å². The van der Waals surface area contributed by atoms with Crippen molar-refractivity contribution in [1.82, 2.24) is 5.32 Å². The van der Waals surface area contributed by atoms with Crippen molar-refractivity contribution in [2.75, 3.05) is 43.2 Å². The largest absolute Gasteiger partial charge is 0.382 e. The van der Waals surface area contributed by atoms with E-state index >= 15 is 0 Å². The van der Waals surface area contributed by atoms with Crippen molar-refractivity contribution < 1.29 is 14.3 Å². The van der Waals surface area contributed by atoms with E-state index in [0.717, 1.165) is 43.6 Å². The average Bonchev–Trinajstić information content (AvgIpc) is 2.65. The topological polar surface area (TPSA) is 61.9 Å². The number of nitrogens with zero attached hydrogens (tertiary/aromatic N) is 2. The number of ether oxygens (including phenoxy) is 1. The van der Waals surface area contributed by atoms with Crippen molar-refractivity contribution in [3.8, 4) is 0 Å². The van der Waals surface area contributed by atoms with Crippen molar-refractivity contribution in [2.45, 2.75) is 38.6 Å². The molecular weight excluding hydrogens is 318 g/mol. The van der Waals surface area contributed by atoms with E-state index in [4.69, 9.17) is 4.74 Å². The van der Waals surface area contributed by atoms with Crippen LogP contribution in [-0.4, -0.2) is 51.2 Å². The van der Waals surface area contributed by atoms with Crippen molar-refractivity contribution in [3.63, 3.8) is 0 Å². The summed E-state index contributed by atoms with van der Waals surface area (Å²) in [6.45, 7) is 4.78. The number of anilines is 2. The molecule has 1 saturated heterocycles. The fourth-order valence-corrected chi connectivity index (χ4v) is 3.62. The molecule has 2 aliphatic heterocycles. The lowest BCUT2D eigenvalue weighted by Crippen LogP contribution is -2.54. The third-order valence-corrected chi connectivity index (χ3v) is 4.98. The van der Waals surface area contributed by atoms with Crippen LogP contribution in [0, 0.1) is 0 Å². The van der Waals surface area contributed by atoms with E-state index in [1.54, 1.807) is 11.9 Å². The molecule has 1 unspecified atom stereocenters. The average molecular weight is 345 g/mol. The van der Waals surface area contributed by atoms with Crippen LogP contribution in [-0.2, 0) is 9.53 Å². The first-order valence-corrected chi connectivity index (χ1v) is 9.17. The number of fused-ring (bicyclic) bond motifs is 3. The van der Waals surface area contributed by atoms with Gasteiger partial charge in [0.05, 0.1) is 11.4 Å². The molecule has 1 aromatic rings. The van der Waals surface area contributed by atoms with E-state index in [-0.39, 0.29) is 17.9 Å². The Hall–Kier alpha value is -2.08. The Balaban J connectivity index is 1.73. The molecule has 25 heavy (non-hydrogen) atoms. The second kappa shape index (κ2) is 7.87. The molecule has 1 aromatic carbocycles. The molecule has 2 heterocycles. The number of benzene rings is 1. The van der Waals surface area contributed by atoms with Crippen LogP contribution in [0.2, 0.25) is 0 Å². The van der Waals surface area contributed by atoms with Crippen LogP contribution in [0.1, 0.15) is 43.0 Å². The number of rotatable bonds is 6. The first kappa shape index (κ1) is 17.7. The fraction of sp³-hybridized carbons (Fsp3) is 0.579. The third kappa shape index (κ3) is 3.63. The minimum atomic E-state index is -0.110. The summed E-state index contributed by atoms with van der Waals surface area (Å²) in [6.07, 6.45) is 3.90. The zero-order valence-corrected chi connectivity index (χ0v) is 15.1. The molecule has 1 N–H and O–H groups in total. The monoisotopic (exact) mass is 345 g/mol. The molecule has 0 saturated carbocycles. The van der Waals surface area contributed by atoms with Gasteiger partial charge in [-0.05, 0) is 50.8 Å². The molecule has 0 aliphatic carbocycles. The van der Waals surface area contributed by atoms with Crippen LogP contribution in [0.25, 0.3) is 0 Å². The summed E-state index contributed by atoms with van der Waals surface area (Å²) in [6, 6.07) is 5.61. The molecule has 1 fully saturated rings.